The van der Waals surface area contributed by atoms with Gasteiger partial charge in [0, 0.05) is 74.3 Å². The van der Waals surface area contributed by atoms with E-state index in [0.29, 0.717) is 71.0 Å². The molecule has 4 aliphatic heterocycles. The molecule has 14 atom stereocenters. The molecule has 4 heterocycles. The maximum absolute atomic E-state index is 16.1. The second-order valence-corrected chi connectivity index (χ2v) is 34.5. The predicted molar refractivity (Wildman–Crippen MR) is 404 cm³/mol. The van der Waals surface area contributed by atoms with E-state index < -0.39 is 173 Å². The van der Waals surface area contributed by atoms with Gasteiger partial charge in [-0.1, -0.05) is 98.3 Å². The second-order valence-electron chi connectivity index (χ2n) is 33.9. The first-order valence-corrected chi connectivity index (χ1v) is 41.3. The molecule has 4 unspecified atom stereocenters. The summed E-state index contributed by atoms with van der Waals surface area (Å²) in [6.45, 7) is 10.5. The summed E-state index contributed by atoms with van der Waals surface area (Å²) in [5.74, 6) is -10.6. The highest BCUT2D eigenvalue weighted by Gasteiger charge is 2.53. The molecule has 0 aromatic heterocycles. The summed E-state index contributed by atoms with van der Waals surface area (Å²) in [5.41, 5.74) is -1.60. The largest absolute Gasteiger partial charge is 0.393 e. The number of carbonyl (C=O) groups is 12. The van der Waals surface area contributed by atoms with Gasteiger partial charge in [0.2, 0.25) is 70.9 Å². The minimum absolute atomic E-state index is 0.00814. The Kier molecular flexibility index (Phi) is 31.7. The van der Waals surface area contributed by atoms with Crippen LogP contribution < -0.4 is 21.3 Å². The first-order valence-electron chi connectivity index (χ1n) is 40.9. The van der Waals surface area contributed by atoms with Gasteiger partial charge in [-0.25, -0.2) is 0 Å². The molecule has 12 amide bonds. The van der Waals surface area contributed by atoms with E-state index in [1.54, 1.807) is 25.8 Å². The number of nitrogens with zero attached hydrogens (tertiary/aromatic N) is 9. The third-order valence-corrected chi connectivity index (χ3v) is 26.5. The molecule has 108 heavy (non-hydrogen) atoms. The lowest BCUT2D eigenvalue weighted by Crippen LogP contribution is -2.66. The van der Waals surface area contributed by atoms with Crippen molar-refractivity contribution in [2.24, 2.45) is 41.4 Å². The normalized spacial score (nSPS) is 31.6. The summed E-state index contributed by atoms with van der Waals surface area (Å²) in [6, 6.07) is -10.9. The number of amides is 12. The van der Waals surface area contributed by atoms with Gasteiger partial charge in [-0.3, -0.25) is 57.5 Å². The van der Waals surface area contributed by atoms with Crippen LogP contribution in [0.5, 0.6) is 0 Å². The number of alkyl halides is 4. The third kappa shape index (κ3) is 21.5. The molecule has 8 fully saturated rings. The number of likely N-dealkylation sites (tertiary alicyclic amines) is 1. The SMILES string of the molecule is CC[C@H](C)[C@@H]1NC(=O)[C@H](CC(C)C)N(C)C(=O)C[C@@H](C(=O)N2CCCCC2)N(C)C(=O)[C@H](C2CCCCC2)N(C)C(=O)C2(CCCC2)NC(=O)[C@H](CC2CCCNC2)N(C)C(=O)[C@H](CCC2CCC(C(F)(F)F)C(Cl)C2)NC(=O)CN(C)C(=O)[C@H](CC2CCCCC2)N(C)C(=O)[C@@H]2CCN2C(=O)[C@H](C)N(C)C1=O. The van der Waals surface area contributed by atoms with Crippen LogP contribution in [0, 0.1) is 41.4 Å². The van der Waals surface area contributed by atoms with Crippen molar-refractivity contribution in [1.29, 1.82) is 0 Å². The van der Waals surface area contributed by atoms with Crippen LogP contribution in [0.25, 0.3) is 0 Å². The van der Waals surface area contributed by atoms with E-state index in [-0.39, 0.29) is 101 Å². The standard InChI is InChI=1S/C79H129ClF3N13O12/c1-13-50(4)66-75(106)89(7)51(5)70(101)96-41-35-59(96)73(104)92(10)62(44-52-26-17-14-18-27-52)72(103)88(6)48-64(97)85-58(34-32-53-31-33-56(57(80)43-53)79(81,82)83)71(102)91(9)61(45-54-28-25-38-84-47-54)69(100)87-78(36-21-22-37-78)77(108)94(12)67(55-29-19-15-20-30-55)76(107)93(11)63(74(105)95-39-23-16-24-40-95)46-65(98)90(8)60(42-49(2)3)68(99)86-66/h49-63,66-67,84H,13-48H2,1-12H3,(H,85,97)(H,86,99)(H,87,100)/t50-,51-,53?,54?,56?,57?,58-,59-,60-,61-,62-,63-,66-,67-/m0/s1. The van der Waals surface area contributed by atoms with Crippen LogP contribution in [0.2, 0.25) is 0 Å². The molecule has 29 heteroatoms. The minimum atomic E-state index is -4.52. The van der Waals surface area contributed by atoms with Crippen LogP contribution >= 0.6 is 11.6 Å². The van der Waals surface area contributed by atoms with Crippen LogP contribution in [0.1, 0.15) is 227 Å². The maximum Gasteiger partial charge on any atom is 0.393 e. The Hall–Kier alpha value is -6.32. The Bertz CT molecular complexity index is 3140. The van der Waals surface area contributed by atoms with Gasteiger partial charge in [0.15, 0.2) is 0 Å². The van der Waals surface area contributed by atoms with Gasteiger partial charge in [0.05, 0.1) is 18.9 Å². The summed E-state index contributed by atoms with van der Waals surface area (Å²) in [7, 11) is 10.3. The summed E-state index contributed by atoms with van der Waals surface area (Å²) in [4.78, 5) is 196. The fraction of sp³-hybridized carbons (Fsp3) is 0.848. The van der Waals surface area contributed by atoms with Crippen molar-refractivity contribution >= 4 is 82.5 Å². The van der Waals surface area contributed by atoms with Gasteiger partial charge in [0.25, 0.3) is 0 Å². The Labute approximate surface area is 644 Å². The topological polar surface area (TPSA) is 282 Å². The molecule has 0 radical (unpaired) electrons. The molecule has 25 nitrogen and oxygen atoms in total. The van der Waals surface area contributed by atoms with Crippen LogP contribution in [-0.4, -0.2) is 275 Å². The molecule has 0 aromatic carbocycles. The second kappa shape index (κ2) is 39.2. The van der Waals surface area contributed by atoms with E-state index in [0.717, 1.165) is 70.8 Å². The van der Waals surface area contributed by atoms with Crippen LogP contribution in [0.15, 0.2) is 0 Å². The molecule has 8 rings (SSSR count). The zero-order valence-corrected chi connectivity index (χ0v) is 67.5. The number of rotatable bonds is 13. The lowest BCUT2D eigenvalue weighted by atomic mass is 9.78. The van der Waals surface area contributed by atoms with Crippen LogP contribution in [0.4, 0.5) is 13.2 Å². The van der Waals surface area contributed by atoms with Gasteiger partial charge in [-0.15, -0.1) is 11.6 Å². The third-order valence-electron chi connectivity index (χ3n) is 26.0. The number of piperidine rings is 2. The van der Waals surface area contributed by atoms with Crippen molar-refractivity contribution in [3.63, 3.8) is 0 Å². The predicted octanol–water partition coefficient (Wildman–Crippen LogP) is 7.24. The number of carbonyl (C=O) groups excluding carboxylic acids is 12. The summed E-state index contributed by atoms with van der Waals surface area (Å²) in [6.07, 6.45) is 9.08. The Balaban J connectivity index is 1.21. The number of fused-ring (bicyclic) bond motifs is 1. The smallest absolute Gasteiger partial charge is 0.343 e. The van der Waals surface area contributed by atoms with Gasteiger partial charge in [-0.2, -0.15) is 13.2 Å². The zero-order chi connectivity index (χ0) is 79.2. The van der Waals surface area contributed by atoms with E-state index in [1.165, 1.54) is 81.5 Å². The molecule has 0 aromatic rings. The van der Waals surface area contributed by atoms with Crippen molar-refractivity contribution in [1.82, 2.24) is 65.4 Å². The number of hydrogen-bond acceptors (Lipinski definition) is 13. The first kappa shape index (κ1) is 87.3. The van der Waals surface area contributed by atoms with E-state index in [4.69, 9.17) is 11.6 Å². The molecule has 4 saturated carbocycles. The summed E-state index contributed by atoms with van der Waals surface area (Å²) in [5, 5.41) is 11.2. The lowest BCUT2D eigenvalue weighted by molar-refractivity contribution is -0.182. The number of hydrogen-bond donors (Lipinski definition) is 4. The molecular formula is C79H129ClF3N13O12. The van der Waals surface area contributed by atoms with Crippen molar-refractivity contribution in [3.8, 4) is 0 Å². The molecule has 4 aliphatic carbocycles. The van der Waals surface area contributed by atoms with Crippen molar-refractivity contribution in [2.45, 2.75) is 299 Å². The minimum Gasteiger partial charge on any atom is -0.343 e. The quantitative estimate of drug-likeness (QED) is 0.133. The molecular weight excluding hydrogens is 1420 g/mol. The highest BCUT2D eigenvalue weighted by atomic mass is 35.5. The average Bonchev–Trinajstić information content (AvgIpc) is 1.44. The summed E-state index contributed by atoms with van der Waals surface area (Å²) >= 11 is 6.49. The Morgan fingerprint density at radius 3 is 1.78 bits per heavy atom. The Morgan fingerprint density at radius 2 is 1.19 bits per heavy atom. The van der Waals surface area contributed by atoms with E-state index >= 15 is 43.2 Å². The van der Waals surface area contributed by atoms with Crippen molar-refractivity contribution in [3.05, 3.63) is 0 Å². The zero-order valence-electron chi connectivity index (χ0n) is 66.7. The molecule has 0 bridgehead atoms. The van der Waals surface area contributed by atoms with Crippen molar-refractivity contribution in [2.75, 3.05) is 88.6 Å². The van der Waals surface area contributed by atoms with Crippen LogP contribution in [0.3, 0.4) is 0 Å². The summed E-state index contributed by atoms with van der Waals surface area (Å²) < 4.78 is 42.5. The Morgan fingerprint density at radius 1 is 0.583 bits per heavy atom. The van der Waals surface area contributed by atoms with E-state index in [2.05, 4.69) is 21.3 Å². The molecule has 1 spiro atoms. The molecule has 4 saturated heterocycles. The molecule has 610 valence electrons. The fourth-order valence-electron chi connectivity index (χ4n) is 18.5. The number of likely N-dealkylation sites (N-methyl/N-ethyl adjacent to an activating group) is 7. The van der Waals surface area contributed by atoms with Crippen LogP contribution in [-0.2, 0) is 57.5 Å². The molecule has 8 aliphatic rings. The van der Waals surface area contributed by atoms with Gasteiger partial charge in [0.1, 0.15) is 59.9 Å². The fourth-order valence-corrected chi connectivity index (χ4v) is 19.0. The number of halogens is 4. The van der Waals surface area contributed by atoms with E-state index in [9.17, 15) is 27.6 Å². The number of nitrogens with one attached hydrogen (secondary N) is 4. The highest BCUT2D eigenvalue weighted by Crippen LogP contribution is 2.44. The maximum atomic E-state index is 16.1. The van der Waals surface area contributed by atoms with E-state index in [1.807, 2.05) is 20.8 Å². The monoisotopic (exact) mass is 1540 g/mol. The lowest BCUT2D eigenvalue weighted by Gasteiger charge is -2.45. The van der Waals surface area contributed by atoms with Gasteiger partial charge < -0.3 is 65.4 Å². The van der Waals surface area contributed by atoms with Gasteiger partial charge >= 0.3 is 6.18 Å². The first-order chi connectivity index (χ1) is 51.1. The molecule has 4 N–H and O–H groups in total. The average molecular weight is 1550 g/mol. The van der Waals surface area contributed by atoms with Crippen molar-refractivity contribution < 1.29 is 70.7 Å². The van der Waals surface area contributed by atoms with Gasteiger partial charge in [-0.05, 0) is 171 Å². The highest BCUT2D eigenvalue weighted by molar-refractivity contribution is 6.21.